The van der Waals surface area contributed by atoms with Crippen molar-refractivity contribution < 1.29 is 8.92 Å². The zero-order valence-corrected chi connectivity index (χ0v) is 28.3. The zero-order chi connectivity index (χ0) is 29.5. The van der Waals surface area contributed by atoms with Gasteiger partial charge in [-0.2, -0.15) is 0 Å². The Bertz CT molecular complexity index is 1250. The maximum absolute atomic E-state index is 7.27. The molecule has 40 heavy (non-hydrogen) atoms. The summed E-state index contributed by atoms with van der Waals surface area (Å²) in [5, 5.41) is 0. The van der Waals surface area contributed by atoms with E-state index >= 15 is 0 Å². The Hall–Kier alpha value is -1.36. The SMILES string of the molecule is CC1(C)Cc2nc(C3CCCC3)c3c(c2C(OS(C)(C)C(C)(C)C)C1)C(C)(C)OC3c1ccc(C(C)(C)C)cc1. The predicted octanol–water partition coefficient (Wildman–Crippen LogP) is 10.2. The van der Waals surface area contributed by atoms with E-state index in [-0.39, 0.29) is 27.8 Å². The molecule has 2 aromatic rings. The van der Waals surface area contributed by atoms with E-state index < -0.39 is 15.9 Å². The van der Waals surface area contributed by atoms with Crippen molar-refractivity contribution in [2.24, 2.45) is 5.41 Å². The average Bonchev–Trinajstić information content (AvgIpc) is 3.43. The Morgan fingerprint density at radius 1 is 0.900 bits per heavy atom. The molecule has 2 heterocycles. The Morgan fingerprint density at radius 2 is 1.50 bits per heavy atom. The molecule has 0 bridgehead atoms. The molecule has 1 fully saturated rings. The molecule has 0 radical (unpaired) electrons. The minimum Gasteiger partial charge on any atom is -0.358 e. The van der Waals surface area contributed by atoms with Gasteiger partial charge < -0.3 is 8.92 Å². The molecule has 4 heteroatoms. The first-order valence-electron chi connectivity index (χ1n) is 15.6. The van der Waals surface area contributed by atoms with Gasteiger partial charge in [0.05, 0.1) is 17.4 Å². The lowest BCUT2D eigenvalue weighted by atomic mass is 9.71. The fraction of sp³-hybridized carbons (Fsp3) is 0.694. The van der Waals surface area contributed by atoms with Gasteiger partial charge in [0.1, 0.15) is 6.10 Å². The van der Waals surface area contributed by atoms with Crippen LogP contribution in [0.4, 0.5) is 0 Å². The molecule has 3 nitrogen and oxygen atoms in total. The van der Waals surface area contributed by atoms with E-state index in [0.29, 0.717) is 5.92 Å². The molecular weight excluding hydrogens is 510 g/mol. The van der Waals surface area contributed by atoms with Gasteiger partial charge in [-0.3, -0.25) is 4.98 Å². The highest BCUT2D eigenvalue weighted by Crippen LogP contribution is 2.62. The number of fused-ring (bicyclic) bond motifs is 3. The van der Waals surface area contributed by atoms with Crippen LogP contribution in [0.1, 0.15) is 159 Å². The van der Waals surface area contributed by atoms with Gasteiger partial charge in [0, 0.05) is 27.5 Å². The lowest BCUT2D eigenvalue weighted by molar-refractivity contribution is -0.0356. The maximum atomic E-state index is 7.27. The number of hydrogen-bond acceptors (Lipinski definition) is 3. The van der Waals surface area contributed by atoms with Crippen LogP contribution < -0.4 is 0 Å². The van der Waals surface area contributed by atoms with Crippen LogP contribution in [-0.4, -0.2) is 22.2 Å². The first-order valence-corrected chi connectivity index (χ1v) is 17.9. The molecule has 3 aliphatic rings. The average molecular weight is 566 g/mol. The summed E-state index contributed by atoms with van der Waals surface area (Å²) in [6, 6.07) is 9.21. The molecule has 222 valence electrons. The Morgan fingerprint density at radius 3 is 2.05 bits per heavy atom. The Balaban J connectivity index is 1.73. The van der Waals surface area contributed by atoms with Gasteiger partial charge in [-0.05, 0) is 79.6 Å². The Kier molecular flexibility index (Phi) is 7.41. The number of rotatable bonds is 4. The van der Waals surface area contributed by atoms with E-state index in [1.807, 2.05) is 0 Å². The quantitative estimate of drug-likeness (QED) is 0.369. The summed E-state index contributed by atoms with van der Waals surface area (Å²) in [7, 11) is -1.32. The fourth-order valence-corrected chi connectivity index (χ4v) is 8.07. The van der Waals surface area contributed by atoms with Gasteiger partial charge in [-0.1, -0.05) is 92.5 Å². The molecule has 1 aromatic heterocycles. The molecule has 0 N–H and O–H groups in total. The lowest BCUT2D eigenvalue weighted by Crippen LogP contribution is -2.34. The molecule has 2 unspecified atom stereocenters. The minimum absolute atomic E-state index is 0.0340. The van der Waals surface area contributed by atoms with Crippen LogP contribution in [0.25, 0.3) is 0 Å². The van der Waals surface area contributed by atoms with Crippen molar-refractivity contribution in [3.05, 3.63) is 63.5 Å². The predicted molar refractivity (Wildman–Crippen MR) is 172 cm³/mol. The topological polar surface area (TPSA) is 31.4 Å². The number of nitrogens with zero attached hydrogens (tertiary/aromatic N) is 1. The summed E-state index contributed by atoms with van der Waals surface area (Å²) < 4.78 is 14.5. The third-order valence-electron chi connectivity index (χ3n) is 10.0. The van der Waals surface area contributed by atoms with Crippen molar-refractivity contribution in [1.29, 1.82) is 0 Å². The largest absolute Gasteiger partial charge is 0.358 e. The van der Waals surface area contributed by atoms with Gasteiger partial charge in [0.15, 0.2) is 0 Å². The number of pyridine rings is 1. The highest BCUT2D eigenvalue weighted by Gasteiger charge is 2.49. The normalized spacial score (nSPS) is 25.1. The van der Waals surface area contributed by atoms with E-state index in [4.69, 9.17) is 13.9 Å². The van der Waals surface area contributed by atoms with E-state index in [1.165, 1.54) is 64.9 Å². The summed E-state index contributed by atoms with van der Waals surface area (Å²) in [5.41, 5.74) is 9.14. The van der Waals surface area contributed by atoms with E-state index in [0.717, 1.165) is 12.8 Å². The fourth-order valence-electron chi connectivity index (χ4n) is 7.04. The van der Waals surface area contributed by atoms with Crippen molar-refractivity contribution in [3.8, 4) is 0 Å². The van der Waals surface area contributed by atoms with Crippen molar-refractivity contribution >= 4 is 10.3 Å². The van der Waals surface area contributed by atoms with Gasteiger partial charge in [-0.15, -0.1) is 10.3 Å². The van der Waals surface area contributed by atoms with Crippen LogP contribution in [0.5, 0.6) is 0 Å². The van der Waals surface area contributed by atoms with Crippen molar-refractivity contribution in [2.75, 3.05) is 12.5 Å². The number of ether oxygens (including phenoxy) is 1. The van der Waals surface area contributed by atoms with Crippen LogP contribution >= 0.6 is 10.3 Å². The van der Waals surface area contributed by atoms with Gasteiger partial charge in [0.2, 0.25) is 0 Å². The summed E-state index contributed by atoms with van der Waals surface area (Å²) >= 11 is 0. The molecule has 1 aliphatic heterocycles. The molecular formula is C36H55NO2S. The molecule has 0 spiro atoms. The highest BCUT2D eigenvalue weighted by molar-refractivity contribution is 8.29. The van der Waals surface area contributed by atoms with E-state index in [1.54, 1.807) is 0 Å². The van der Waals surface area contributed by atoms with E-state index in [9.17, 15) is 0 Å². The Labute approximate surface area is 246 Å². The lowest BCUT2D eigenvalue weighted by Gasteiger charge is -2.49. The first kappa shape index (κ1) is 30.1. The highest BCUT2D eigenvalue weighted by atomic mass is 32.3. The molecule has 5 rings (SSSR count). The standard InChI is InChI=1S/C36H55NO2S/c1-33(2,3)25-19-17-24(18-20-25)32-29-30(36(9,10)38-32)28-26(37-31(29)23-15-13-14-16-23)21-35(7,8)22-27(28)39-40(11,12)34(4,5)6/h17-20,23,27,32H,13-16,21-22H2,1-12H3. The van der Waals surface area contributed by atoms with Crippen molar-refractivity contribution in [3.63, 3.8) is 0 Å². The van der Waals surface area contributed by atoms with Crippen LogP contribution in [0.3, 0.4) is 0 Å². The number of benzene rings is 1. The minimum atomic E-state index is -1.32. The monoisotopic (exact) mass is 565 g/mol. The zero-order valence-electron chi connectivity index (χ0n) is 27.5. The second kappa shape index (κ2) is 9.85. The maximum Gasteiger partial charge on any atom is 0.111 e. The number of aromatic nitrogens is 1. The van der Waals surface area contributed by atoms with Crippen LogP contribution in [0.2, 0.25) is 0 Å². The third-order valence-corrected chi connectivity index (χ3v) is 13.7. The van der Waals surface area contributed by atoms with Crippen molar-refractivity contribution in [1.82, 2.24) is 4.98 Å². The summed E-state index contributed by atoms with van der Waals surface area (Å²) in [6.45, 7) is 23.2. The first-order chi connectivity index (χ1) is 18.3. The summed E-state index contributed by atoms with van der Waals surface area (Å²) in [6.07, 6.45) is 11.7. The van der Waals surface area contributed by atoms with Crippen molar-refractivity contribution in [2.45, 2.75) is 142 Å². The molecule has 1 saturated carbocycles. The second-order valence-electron chi connectivity index (χ2n) is 16.5. The summed E-state index contributed by atoms with van der Waals surface area (Å²) in [5.74, 6) is 0.522. The van der Waals surface area contributed by atoms with E-state index in [2.05, 4.69) is 106 Å². The molecule has 0 saturated heterocycles. The summed E-state index contributed by atoms with van der Waals surface area (Å²) in [4.78, 5) is 5.65. The molecule has 0 amide bonds. The van der Waals surface area contributed by atoms with Crippen LogP contribution in [0, 0.1) is 5.41 Å². The second-order valence-corrected chi connectivity index (χ2v) is 20.4. The van der Waals surface area contributed by atoms with Gasteiger partial charge in [-0.25, -0.2) is 0 Å². The molecule has 1 aromatic carbocycles. The third kappa shape index (κ3) is 5.42. The smallest absolute Gasteiger partial charge is 0.111 e. The number of hydrogen-bond donors (Lipinski definition) is 0. The van der Waals surface area contributed by atoms with Crippen LogP contribution in [-0.2, 0) is 26.4 Å². The molecule has 2 atom stereocenters. The van der Waals surface area contributed by atoms with Crippen LogP contribution in [0.15, 0.2) is 24.3 Å². The molecule has 2 aliphatic carbocycles. The van der Waals surface area contributed by atoms with Gasteiger partial charge >= 0.3 is 0 Å². The van der Waals surface area contributed by atoms with Gasteiger partial charge in [0.25, 0.3) is 0 Å².